The number of amides is 1. The van der Waals surface area contributed by atoms with Crippen LogP contribution >= 0.6 is 23.2 Å². The molecule has 0 heterocycles. The van der Waals surface area contributed by atoms with E-state index in [1.807, 2.05) is 55.5 Å². The highest BCUT2D eigenvalue weighted by atomic mass is 35.5. The minimum atomic E-state index is -0.420. The van der Waals surface area contributed by atoms with Crippen LogP contribution in [0.5, 0.6) is 5.75 Å². The van der Waals surface area contributed by atoms with E-state index in [1.54, 1.807) is 12.1 Å². The standard InChI is InChI=1S/C22H18Cl2N2O2/c1-15-6-8-16(9-7-15)14-28-21-5-3-2-4-17(21)13-25-26-22(27)19-11-10-18(23)12-20(19)24/h2-13H,14H2,1H3,(H,26,27)/b25-13+. The molecule has 6 heteroatoms. The van der Waals surface area contributed by atoms with Gasteiger partial charge in [0.1, 0.15) is 12.4 Å². The van der Waals surface area contributed by atoms with Crippen molar-refractivity contribution in [2.45, 2.75) is 13.5 Å². The maximum Gasteiger partial charge on any atom is 0.272 e. The SMILES string of the molecule is Cc1ccc(COc2ccccc2/C=N/NC(=O)c2ccc(Cl)cc2Cl)cc1. The van der Waals surface area contributed by atoms with Crippen LogP contribution in [0.3, 0.4) is 0 Å². The fourth-order valence-electron chi connectivity index (χ4n) is 2.46. The smallest absolute Gasteiger partial charge is 0.272 e. The summed E-state index contributed by atoms with van der Waals surface area (Å²) in [7, 11) is 0. The van der Waals surface area contributed by atoms with Crippen LogP contribution in [0.1, 0.15) is 27.0 Å². The quantitative estimate of drug-likeness (QED) is 0.420. The molecule has 0 aliphatic carbocycles. The van der Waals surface area contributed by atoms with Gasteiger partial charge < -0.3 is 4.74 Å². The van der Waals surface area contributed by atoms with Crippen LogP contribution in [-0.4, -0.2) is 12.1 Å². The van der Waals surface area contributed by atoms with Gasteiger partial charge in [0.25, 0.3) is 5.91 Å². The van der Waals surface area contributed by atoms with Gasteiger partial charge in [-0.15, -0.1) is 0 Å². The Hall–Kier alpha value is -2.82. The van der Waals surface area contributed by atoms with Crippen LogP contribution < -0.4 is 10.2 Å². The Morgan fingerprint density at radius 1 is 1.07 bits per heavy atom. The van der Waals surface area contributed by atoms with Crippen LogP contribution in [0.25, 0.3) is 0 Å². The molecule has 0 bridgehead atoms. The molecule has 28 heavy (non-hydrogen) atoms. The first-order chi connectivity index (χ1) is 13.5. The first-order valence-electron chi connectivity index (χ1n) is 8.59. The fourth-order valence-corrected chi connectivity index (χ4v) is 2.95. The number of rotatable bonds is 6. The zero-order valence-electron chi connectivity index (χ0n) is 15.2. The Morgan fingerprint density at radius 3 is 2.57 bits per heavy atom. The van der Waals surface area contributed by atoms with Gasteiger partial charge >= 0.3 is 0 Å². The van der Waals surface area contributed by atoms with Gasteiger partial charge in [-0.2, -0.15) is 5.10 Å². The molecule has 0 aliphatic rings. The number of carbonyl (C=O) groups is 1. The van der Waals surface area contributed by atoms with Crippen LogP contribution in [0, 0.1) is 6.92 Å². The minimum Gasteiger partial charge on any atom is -0.488 e. The molecule has 142 valence electrons. The van der Waals surface area contributed by atoms with Crippen LogP contribution in [-0.2, 0) is 6.61 Å². The molecule has 1 amide bonds. The molecule has 0 aliphatic heterocycles. The first kappa shape index (κ1) is 19.9. The van der Waals surface area contributed by atoms with E-state index in [0.717, 1.165) is 11.1 Å². The van der Waals surface area contributed by atoms with Crippen molar-refractivity contribution in [3.8, 4) is 5.75 Å². The molecule has 0 saturated carbocycles. The normalized spacial score (nSPS) is 10.8. The Balaban J connectivity index is 1.65. The lowest BCUT2D eigenvalue weighted by Gasteiger charge is -2.09. The lowest BCUT2D eigenvalue weighted by Crippen LogP contribution is -2.18. The van der Waals surface area contributed by atoms with Gasteiger partial charge in [-0.25, -0.2) is 5.43 Å². The van der Waals surface area contributed by atoms with Crippen molar-refractivity contribution < 1.29 is 9.53 Å². The number of hydrogen-bond donors (Lipinski definition) is 1. The van der Waals surface area contributed by atoms with E-state index in [4.69, 9.17) is 27.9 Å². The summed E-state index contributed by atoms with van der Waals surface area (Å²) in [5, 5.41) is 4.74. The number of halogens is 2. The molecule has 0 fully saturated rings. The van der Waals surface area contributed by atoms with Crippen LogP contribution in [0.2, 0.25) is 10.0 Å². The highest BCUT2D eigenvalue weighted by Crippen LogP contribution is 2.21. The number of nitrogens with zero attached hydrogens (tertiary/aromatic N) is 1. The molecule has 0 radical (unpaired) electrons. The van der Waals surface area contributed by atoms with Crippen LogP contribution in [0.15, 0.2) is 71.8 Å². The van der Waals surface area contributed by atoms with Gasteiger partial charge in [-0.3, -0.25) is 4.79 Å². The summed E-state index contributed by atoms with van der Waals surface area (Å²) in [6.45, 7) is 2.49. The average molecular weight is 413 g/mol. The number of benzene rings is 3. The van der Waals surface area contributed by atoms with Gasteiger partial charge in [0.05, 0.1) is 16.8 Å². The summed E-state index contributed by atoms with van der Waals surface area (Å²) in [5.41, 5.74) is 5.78. The van der Waals surface area contributed by atoms with E-state index >= 15 is 0 Å². The number of aryl methyl sites for hydroxylation is 1. The number of hydrogen-bond acceptors (Lipinski definition) is 3. The molecule has 0 aromatic heterocycles. The third-order valence-corrected chi connectivity index (χ3v) is 4.53. The van der Waals surface area contributed by atoms with Crippen molar-refractivity contribution in [3.05, 3.63) is 99.0 Å². The van der Waals surface area contributed by atoms with E-state index in [9.17, 15) is 4.79 Å². The van der Waals surface area contributed by atoms with Crippen molar-refractivity contribution in [1.82, 2.24) is 5.43 Å². The van der Waals surface area contributed by atoms with E-state index in [0.29, 0.717) is 22.9 Å². The summed E-state index contributed by atoms with van der Waals surface area (Å²) in [4.78, 5) is 12.2. The molecule has 0 unspecified atom stereocenters. The Labute approximate surface area is 173 Å². The molecule has 3 rings (SSSR count). The summed E-state index contributed by atoms with van der Waals surface area (Å²) in [5.74, 6) is 0.251. The number of ether oxygens (including phenoxy) is 1. The molecule has 3 aromatic carbocycles. The van der Waals surface area contributed by atoms with E-state index in [1.165, 1.54) is 17.8 Å². The van der Waals surface area contributed by atoms with E-state index < -0.39 is 5.91 Å². The van der Waals surface area contributed by atoms with Gasteiger partial charge in [0.15, 0.2) is 0 Å². The first-order valence-corrected chi connectivity index (χ1v) is 9.34. The number of carbonyl (C=O) groups excluding carboxylic acids is 1. The monoisotopic (exact) mass is 412 g/mol. The van der Waals surface area contributed by atoms with Crippen molar-refractivity contribution in [2.75, 3.05) is 0 Å². The summed E-state index contributed by atoms with van der Waals surface area (Å²) in [6, 6.07) is 20.3. The Bertz CT molecular complexity index is 1000. The molecule has 3 aromatic rings. The van der Waals surface area contributed by atoms with Crippen LogP contribution in [0.4, 0.5) is 0 Å². The Morgan fingerprint density at radius 2 is 1.82 bits per heavy atom. The summed E-state index contributed by atoms with van der Waals surface area (Å²) in [6.07, 6.45) is 1.53. The topological polar surface area (TPSA) is 50.7 Å². The predicted octanol–water partition coefficient (Wildman–Crippen LogP) is 5.64. The summed E-state index contributed by atoms with van der Waals surface area (Å²) < 4.78 is 5.90. The zero-order chi connectivity index (χ0) is 19.9. The van der Waals surface area contributed by atoms with E-state index in [-0.39, 0.29) is 5.02 Å². The van der Waals surface area contributed by atoms with Gasteiger partial charge in [0, 0.05) is 10.6 Å². The fraction of sp³-hybridized carbons (Fsp3) is 0.0909. The number of para-hydroxylation sites is 1. The zero-order valence-corrected chi connectivity index (χ0v) is 16.7. The van der Waals surface area contributed by atoms with Gasteiger partial charge in [0.2, 0.25) is 0 Å². The molecule has 1 N–H and O–H groups in total. The second kappa shape index (κ2) is 9.40. The molecular formula is C22H18Cl2N2O2. The molecule has 0 spiro atoms. The van der Waals surface area contributed by atoms with Gasteiger partial charge in [-0.05, 0) is 42.8 Å². The molecule has 4 nitrogen and oxygen atoms in total. The minimum absolute atomic E-state index is 0.266. The second-order valence-electron chi connectivity index (χ2n) is 6.14. The second-order valence-corrected chi connectivity index (χ2v) is 6.98. The Kier molecular flexibility index (Phi) is 6.69. The molecular weight excluding hydrogens is 395 g/mol. The van der Waals surface area contributed by atoms with Gasteiger partial charge in [-0.1, -0.05) is 65.2 Å². The maximum atomic E-state index is 12.2. The summed E-state index contributed by atoms with van der Waals surface area (Å²) >= 11 is 11.9. The third-order valence-electron chi connectivity index (χ3n) is 3.98. The third kappa shape index (κ3) is 5.35. The average Bonchev–Trinajstić information content (AvgIpc) is 2.68. The van der Waals surface area contributed by atoms with Crippen molar-refractivity contribution in [1.29, 1.82) is 0 Å². The highest BCUT2D eigenvalue weighted by Gasteiger charge is 2.10. The number of hydrazone groups is 1. The van der Waals surface area contributed by atoms with Crippen molar-refractivity contribution >= 4 is 35.3 Å². The number of nitrogens with one attached hydrogen (secondary N) is 1. The lowest BCUT2D eigenvalue weighted by atomic mass is 10.1. The van der Waals surface area contributed by atoms with E-state index in [2.05, 4.69) is 10.5 Å². The largest absolute Gasteiger partial charge is 0.488 e. The van der Waals surface area contributed by atoms with Crippen molar-refractivity contribution in [2.24, 2.45) is 5.10 Å². The van der Waals surface area contributed by atoms with Crippen molar-refractivity contribution in [3.63, 3.8) is 0 Å². The highest BCUT2D eigenvalue weighted by molar-refractivity contribution is 6.36. The predicted molar refractivity (Wildman–Crippen MR) is 113 cm³/mol. The molecule has 0 atom stereocenters. The molecule has 0 saturated heterocycles. The maximum absolute atomic E-state index is 12.2. The lowest BCUT2D eigenvalue weighted by molar-refractivity contribution is 0.0955.